The van der Waals surface area contributed by atoms with Crippen LogP contribution >= 0.6 is 0 Å². The Hall–Kier alpha value is -0.950. The standard InChI is InChI=1S/C20H30O6/c1-11(22)26-16-4-3-14-17-15(24)8-12-7-13(23)5-6-19(12,2)18(17)25-10-20(14,16)9-21/h8,13-18,21,23-24H,3-7,9-10H2,1-2H3/t13-,14?,15-,16-,17?,18?,19-,20-/m0/s1. The first-order valence-corrected chi connectivity index (χ1v) is 9.79. The lowest BCUT2D eigenvalue weighted by molar-refractivity contribution is -0.225. The second kappa shape index (κ2) is 6.30. The number of fused-ring (bicyclic) bond motifs is 5. The van der Waals surface area contributed by atoms with E-state index >= 15 is 0 Å². The van der Waals surface area contributed by atoms with Crippen LogP contribution in [0.15, 0.2) is 11.6 Å². The van der Waals surface area contributed by atoms with Gasteiger partial charge in [-0.3, -0.25) is 4.79 Å². The lowest BCUT2D eigenvalue weighted by atomic mass is 9.54. The maximum absolute atomic E-state index is 11.5. The predicted molar refractivity (Wildman–Crippen MR) is 93.1 cm³/mol. The zero-order valence-electron chi connectivity index (χ0n) is 15.6. The van der Waals surface area contributed by atoms with Gasteiger partial charge in [-0.15, -0.1) is 0 Å². The SMILES string of the molecule is CC(=O)O[C@H]1CCC2C3C(OC[C@@]21CO)[C@@]1(C)CC[C@H](O)CC1=C[C@@H]3O. The van der Waals surface area contributed by atoms with Crippen molar-refractivity contribution < 1.29 is 29.6 Å². The van der Waals surface area contributed by atoms with Crippen LogP contribution in [0.4, 0.5) is 0 Å². The van der Waals surface area contributed by atoms with E-state index in [1.54, 1.807) is 0 Å². The molecular formula is C20H30O6. The molecular weight excluding hydrogens is 336 g/mol. The van der Waals surface area contributed by atoms with Crippen LogP contribution in [0.25, 0.3) is 0 Å². The summed E-state index contributed by atoms with van der Waals surface area (Å²) in [5.74, 6) is -0.419. The Morgan fingerprint density at radius 3 is 2.81 bits per heavy atom. The number of carbonyl (C=O) groups excluding carboxylic acids is 1. The van der Waals surface area contributed by atoms with Crippen molar-refractivity contribution in [1.29, 1.82) is 0 Å². The maximum atomic E-state index is 11.5. The topological polar surface area (TPSA) is 96.2 Å². The van der Waals surface area contributed by atoms with Crippen molar-refractivity contribution in [2.24, 2.45) is 22.7 Å². The van der Waals surface area contributed by atoms with Crippen LogP contribution in [0.3, 0.4) is 0 Å². The molecule has 26 heavy (non-hydrogen) atoms. The largest absolute Gasteiger partial charge is 0.462 e. The molecule has 6 nitrogen and oxygen atoms in total. The van der Waals surface area contributed by atoms with Gasteiger partial charge in [0.05, 0.1) is 36.9 Å². The Kier molecular flexibility index (Phi) is 4.46. The zero-order valence-corrected chi connectivity index (χ0v) is 15.6. The van der Waals surface area contributed by atoms with Crippen LogP contribution in [0.2, 0.25) is 0 Å². The highest BCUT2D eigenvalue weighted by Gasteiger charge is 2.64. The van der Waals surface area contributed by atoms with Crippen molar-refractivity contribution in [2.75, 3.05) is 13.2 Å². The maximum Gasteiger partial charge on any atom is 0.302 e. The lowest BCUT2D eigenvalue weighted by Gasteiger charge is -2.58. The van der Waals surface area contributed by atoms with Gasteiger partial charge in [-0.05, 0) is 38.0 Å². The third kappa shape index (κ3) is 2.49. The summed E-state index contributed by atoms with van der Waals surface area (Å²) in [6, 6.07) is 0. The van der Waals surface area contributed by atoms with Gasteiger partial charge in [0, 0.05) is 18.3 Å². The molecule has 1 saturated heterocycles. The van der Waals surface area contributed by atoms with Crippen LogP contribution in [0.5, 0.6) is 0 Å². The summed E-state index contributed by atoms with van der Waals surface area (Å²) in [5, 5.41) is 31.2. The van der Waals surface area contributed by atoms with Crippen molar-refractivity contribution in [1.82, 2.24) is 0 Å². The monoisotopic (exact) mass is 366 g/mol. The Bertz CT molecular complexity index is 617. The molecule has 4 aliphatic rings. The minimum absolute atomic E-state index is 0.0482. The van der Waals surface area contributed by atoms with Gasteiger partial charge in [-0.2, -0.15) is 0 Å². The van der Waals surface area contributed by atoms with Gasteiger partial charge in [0.15, 0.2) is 0 Å². The van der Waals surface area contributed by atoms with Gasteiger partial charge in [0.2, 0.25) is 0 Å². The molecule has 6 heteroatoms. The molecule has 0 aromatic heterocycles. The molecule has 4 rings (SSSR count). The molecule has 0 spiro atoms. The van der Waals surface area contributed by atoms with Crippen molar-refractivity contribution >= 4 is 5.97 Å². The second-order valence-corrected chi connectivity index (χ2v) is 8.98. The second-order valence-electron chi connectivity index (χ2n) is 8.98. The van der Waals surface area contributed by atoms with E-state index in [9.17, 15) is 20.1 Å². The van der Waals surface area contributed by atoms with Gasteiger partial charge in [0.25, 0.3) is 0 Å². The van der Waals surface area contributed by atoms with Gasteiger partial charge in [0.1, 0.15) is 6.10 Å². The summed E-state index contributed by atoms with van der Waals surface area (Å²) in [6.45, 7) is 3.80. The smallest absolute Gasteiger partial charge is 0.302 e. The average molecular weight is 366 g/mol. The number of esters is 1. The normalized spacial score (nSPS) is 50.3. The fraction of sp³-hybridized carbons (Fsp3) is 0.850. The molecule has 0 bridgehead atoms. The molecule has 0 radical (unpaired) electrons. The Labute approximate surface area is 154 Å². The Morgan fingerprint density at radius 1 is 1.35 bits per heavy atom. The number of hydrogen-bond donors (Lipinski definition) is 3. The quantitative estimate of drug-likeness (QED) is 0.502. The number of ether oxygens (including phenoxy) is 2. The zero-order chi connectivity index (χ0) is 18.7. The van der Waals surface area contributed by atoms with Crippen molar-refractivity contribution in [3.05, 3.63) is 11.6 Å². The number of aliphatic hydroxyl groups excluding tert-OH is 3. The highest BCUT2D eigenvalue weighted by molar-refractivity contribution is 5.66. The van der Waals surface area contributed by atoms with Gasteiger partial charge in [-0.25, -0.2) is 0 Å². The Morgan fingerprint density at radius 2 is 2.12 bits per heavy atom. The van der Waals surface area contributed by atoms with Gasteiger partial charge >= 0.3 is 5.97 Å². The highest BCUT2D eigenvalue weighted by atomic mass is 16.5. The van der Waals surface area contributed by atoms with E-state index in [1.165, 1.54) is 6.92 Å². The molecule has 3 fully saturated rings. The molecule has 3 aliphatic carbocycles. The minimum atomic E-state index is -0.666. The average Bonchev–Trinajstić information content (AvgIpc) is 2.95. The molecule has 8 atom stereocenters. The van der Waals surface area contributed by atoms with Crippen molar-refractivity contribution in [2.45, 2.75) is 70.4 Å². The van der Waals surface area contributed by atoms with E-state index in [-0.39, 0.29) is 48.1 Å². The summed E-state index contributed by atoms with van der Waals surface area (Å²) < 4.78 is 11.9. The van der Waals surface area contributed by atoms with Crippen molar-refractivity contribution in [3.8, 4) is 0 Å². The first-order chi connectivity index (χ1) is 12.3. The molecule has 2 saturated carbocycles. The molecule has 1 aliphatic heterocycles. The first-order valence-electron chi connectivity index (χ1n) is 9.79. The van der Waals surface area contributed by atoms with E-state index < -0.39 is 11.5 Å². The molecule has 0 amide bonds. The van der Waals surface area contributed by atoms with Gasteiger partial charge < -0.3 is 24.8 Å². The number of aliphatic hydroxyl groups is 3. The number of carbonyl (C=O) groups is 1. The number of hydrogen-bond acceptors (Lipinski definition) is 6. The molecule has 146 valence electrons. The third-order valence-corrected chi connectivity index (χ3v) is 7.65. The van der Waals surface area contributed by atoms with E-state index in [4.69, 9.17) is 9.47 Å². The van der Waals surface area contributed by atoms with E-state index in [0.717, 1.165) is 24.8 Å². The van der Waals surface area contributed by atoms with Crippen LogP contribution in [-0.4, -0.2) is 58.9 Å². The lowest BCUT2D eigenvalue weighted by Crippen LogP contribution is -2.62. The fourth-order valence-corrected chi connectivity index (χ4v) is 6.27. The molecule has 0 aromatic carbocycles. The van der Waals surface area contributed by atoms with Crippen LogP contribution in [0, 0.1) is 22.7 Å². The fourth-order valence-electron chi connectivity index (χ4n) is 6.27. The van der Waals surface area contributed by atoms with Crippen LogP contribution in [0.1, 0.15) is 46.0 Å². The Balaban J connectivity index is 1.69. The summed E-state index contributed by atoms with van der Waals surface area (Å²) in [4.78, 5) is 11.5. The number of rotatable bonds is 2. The molecule has 3 N–H and O–H groups in total. The van der Waals surface area contributed by atoms with Crippen LogP contribution in [-0.2, 0) is 14.3 Å². The summed E-state index contributed by atoms with van der Waals surface area (Å²) in [5.41, 5.74) is 0.268. The third-order valence-electron chi connectivity index (χ3n) is 7.65. The van der Waals surface area contributed by atoms with E-state index in [0.29, 0.717) is 19.4 Å². The molecule has 1 heterocycles. The molecule has 3 unspecified atom stereocenters. The highest BCUT2D eigenvalue weighted by Crippen LogP contribution is 2.60. The van der Waals surface area contributed by atoms with E-state index in [2.05, 4.69) is 6.92 Å². The van der Waals surface area contributed by atoms with Gasteiger partial charge in [-0.1, -0.05) is 18.6 Å². The van der Waals surface area contributed by atoms with Crippen LogP contribution < -0.4 is 0 Å². The predicted octanol–water partition coefficient (Wildman–Crippen LogP) is 1.17. The summed E-state index contributed by atoms with van der Waals surface area (Å²) >= 11 is 0. The minimum Gasteiger partial charge on any atom is -0.462 e. The summed E-state index contributed by atoms with van der Waals surface area (Å²) in [7, 11) is 0. The first kappa shape index (κ1) is 18.4. The molecule has 0 aromatic rings. The van der Waals surface area contributed by atoms with E-state index in [1.807, 2.05) is 6.08 Å². The van der Waals surface area contributed by atoms with Crippen molar-refractivity contribution in [3.63, 3.8) is 0 Å². The summed E-state index contributed by atoms with van der Waals surface area (Å²) in [6.07, 6.45) is 4.06.